The topological polar surface area (TPSA) is 47.6 Å². The molecule has 0 aliphatic carbocycles. The Kier molecular flexibility index (Phi) is 7.28. The Morgan fingerprint density at radius 1 is 1.07 bits per heavy atom. The number of aryl methyl sites for hydroxylation is 2. The van der Waals surface area contributed by atoms with Gasteiger partial charge in [0.05, 0.1) is 13.2 Å². The van der Waals surface area contributed by atoms with Gasteiger partial charge < -0.3 is 14.8 Å². The van der Waals surface area contributed by atoms with Gasteiger partial charge in [-0.25, -0.2) is 0 Å². The fourth-order valence-corrected chi connectivity index (χ4v) is 3.14. The lowest BCUT2D eigenvalue weighted by atomic mass is 9.93. The van der Waals surface area contributed by atoms with Gasteiger partial charge in [-0.3, -0.25) is 4.79 Å². The van der Waals surface area contributed by atoms with E-state index in [0.29, 0.717) is 11.7 Å². The van der Waals surface area contributed by atoms with Crippen LogP contribution in [0.1, 0.15) is 61.9 Å². The number of benzene rings is 2. The SMILES string of the molecule is CCc1ccc(OCC(=O)N[C@@H](C)c2cc(C(C)C)c(OC)cc2C)cc1. The fourth-order valence-electron chi connectivity index (χ4n) is 3.14. The monoisotopic (exact) mass is 369 g/mol. The van der Waals surface area contributed by atoms with Gasteiger partial charge in [0.2, 0.25) is 0 Å². The van der Waals surface area contributed by atoms with Gasteiger partial charge in [-0.2, -0.15) is 0 Å². The molecule has 0 aliphatic heterocycles. The average Bonchev–Trinajstić information content (AvgIpc) is 2.66. The lowest BCUT2D eigenvalue weighted by Gasteiger charge is -2.21. The lowest BCUT2D eigenvalue weighted by molar-refractivity contribution is -0.123. The Labute approximate surface area is 162 Å². The van der Waals surface area contributed by atoms with Crippen molar-refractivity contribution in [3.63, 3.8) is 0 Å². The van der Waals surface area contributed by atoms with E-state index in [9.17, 15) is 4.79 Å². The summed E-state index contributed by atoms with van der Waals surface area (Å²) in [6.45, 7) is 10.4. The first-order valence-electron chi connectivity index (χ1n) is 9.55. The van der Waals surface area contributed by atoms with Gasteiger partial charge in [-0.1, -0.05) is 32.9 Å². The van der Waals surface area contributed by atoms with Crippen molar-refractivity contribution in [1.29, 1.82) is 0 Å². The molecule has 0 bridgehead atoms. The van der Waals surface area contributed by atoms with Crippen LogP contribution < -0.4 is 14.8 Å². The third-order valence-corrected chi connectivity index (χ3v) is 4.79. The van der Waals surface area contributed by atoms with Crippen molar-refractivity contribution in [1.82, 2.24) is 5.32 Å². The maximum atomic E-state index is 12.3. The molecule has 4 nitrogen and oxygen atoms in total. The molecule has 1 N–H and O–H groups in total. The summed E-state index contributed by atoms with van der Waals surface area (Å²) in [6, 6.07) is 11.9. The molecular formula is C23H31NO3. The molecule has 146 valence electrons. The molecule has 27 heavy (non-hydrogen) atoms. The van der Waals surface area contributed by atoms with Gasteiger partial charge in [0, 0.05) is 0 Å². The zero-order chi connectivity index (χ0) is 20.0. The van der Waals surface area contributed by atoms with E-state index in [1.165, 1.54) is 5.56 Å². The summed E-state index contributed by atoms with van der Waals surface area (Å²) in [6.07, 6.45) is 0.984. The first-order valence-corrected chi connectivity index (χ1v) is 9.55. The summed E-state index contributed by atoms with van der Waals surface area (Å²) in [5, 5.41) is 3.03. The second-order valence-electron chi connectivity index (χ2n) is 7.18. The standard InChI is InChI=1S/C23H31NO3/c1-7-18-8-10-19(11-9-18)27-14-23(25)24-17(5)21-13-20(15(2)3)22(26-6)12-16(21)4/h8-13,15,17H,7,14H2,1-6H3,(H,24,25)/t17-/m0/s1. The van der Waals surface area contributed by atoms with Gasteiger partial charge in [0.15, 0.2) is 6.61 Å². The summed E-state index contributed by atoms with van der Waals surface area (Å²) in [4.78, 5) is 12.3. The molecule has 0 saturated heterocycles. The van der Waals surface area contributed by atoms with Crippen molar-refractivity contribution < 1.29 is 14.3 Å². The number of carbonyl (C=O) groups excluding carboxylic acids is 1. The van der Waals surface area contributed by atoms with E-state index in [0.717, 1.165) is 28.9 Å². The van der Waals surface area contributed by atoms with Crippen molar-refractivity contribution in [2.45, 2.75) is 53.0 Å². The summed E-state index contributed by atoms with van der Waals surface area (Å²) in [5.41, 5.74) is 4.59. The van der Waals surface area contributed by atoms with Crippen LogP contribution in [0.25, 0.3) is 0 Å². The van der Waals surface area contributed by atoms with E-state index < -0.39 is 0 Å². The minimum absolute atomic E-state index is 0.00204. The highest BCUT2D eigenvalue weighted by Gasteiger charge is 2.17. The van der Waals surface area contributed by atoms with Crippen molar-refractivity contribution >= 4 is 5.91 Å². The van der Waals surface area contributed by atoms with Gasteiger partial charge in [-0.15, -0.1) is 0 Å². The molecule has 0 unspecified atom stereocenters. The number of carbonyl (C=O) groups is 1. The molecule has 1 amide bonds. The van der Waals surface area contributed by atoms with Crippen molar-refractivity contribution in [3.05, 3.63) is 58.7 Å². The highest BCUT2D eigenvalue weighted by Crippen LogP contribution is 2.32. The highest BCUT2D eigenvalue weighted by molar-refractivity contribution is 5.78. The molecule has 0 saturated carbocycles. The van der Waals surface area contributed by atoms with E-state index in [-0.39, 0.29) is 18.6 Å². The lowest BCUT2D eigenvalue weighted by Crippen LogP contribution is -2.31. The number of nitrogens with one attached hydrogen (secondary N) is 1. The quantitative estimate of drug-likeness (QED) is 0.716. The molecule has 1 atom stereocenters. The van der Waals surface area contributed by atoms with Crippen LogP contribution in [0, 0.1) is 6.92 Å². The van der Waals surface area contributed by atoms with Gasteiger partial charge in [0.1, 0.15) is 11.5 Å². The van der Waals surface area contributed by atoms with Crippen LogP contribution >= 0.6 is 0 Å². The van der Waals surface area contributed by atoms with Gasteiger partial charge >= 0.3 is 0 Å². The molecule has 0 spiro atoms. The number of amides is 1. The molecule has 0 radical (unpaired) electrons. The van der Waals surface area contributed by atoms with Crippen LogP contribution in [0.2, 0.25) is 0 Å². The van der Waals surface area contributed by atoms with Crippen LogP contribution in [-0.4, -0.2) is 19.6 Å². The van der Waals surface area contributed by atoms with E-state index in [4.69, 9.17) is 9.47 Å². The number of hydrogen-bond acceptors (Lipinski definition) is 3. The zero-order valence-electron chi connectivity index (χ0n) is 17.3. The first kappa shape index (κ1) is 20.8. The van der Waals surface area contributed by atoms with E-state index in [2.05, 4.69) is 32.2 Å². The number of hydrogen-bond donors (Lipinski definition) is 1. The van der Waals surface area contributed by atoms with E-state index in [1.54, 1.807) is 7.11 Å². The Hall–Kier alpha value is -2.49. The predicted molar refractivity (Wildman–Crippen MR) is 110 cm³/mol. The summed E-state index contributed by atoms with van der Waals surface area (Å²) >= 11 is 0. The Morgan fingerprint density at radius 3 is 2.30 bits per heavy atom. The summed E-state index contributed by atoms with van der Waals surface area (Å²) in [5.74, 6) is 1.81. The Morgan fingerprint density at radius 2 is 1.74 bits per heavy atom. The third kappa shape index (κ3) is 5.49. The number of methoxy groups -OCH3 is 1. The second kappa shape index (κ2) is 9.45. The third-order valence-electron chi connectivity index (χ3n) is 4.79. The molecule has 4 heteroatoms. The molecule has 0 fully saturated rings. The fraction of sp³-hybridized carbons (Fsp3) is 0.435. The minimum atomic E-state index is -0.136. The molecule has 0 aliphatic rings. The predicted octanol–water partition coefficient (Wildman–Crippen LogP) is 4.95. The van der Waals surface area contributed by atoms with Crippen molar-refractivity contribution in [2.24, 2.45) is 0 Å². The zero-order valence-corrected chi connectivity index (χ0v) is 17.3. The Bertz CT molecular complexity index is 766. The largest absolute Gasteiger partial charge is 0.496 e. The van der Waals surface area contributed by atoms with Crippen LogP contribution in [0.15, 0.2) is 36.4 Å². The molecule has 2 aromatic rings. The average molecular weight is 370 g/mol. The maximum Gasteiger partial charge on any atom is 0.258 e. The van der Waals surface area contributed by atoms with Crippen LogP contribution in [0.3, 0.4) is 0 Å². The maximum absolute atomic E-state index is 12.3. The summed E-state index contributed by atoms with van der Waals surface area (Å²) in [7, 11) is 1.69. The molecule has 0 aromatic heterocycles. The minimum Gasteiger partial charge on any atom is -0.496 e. The van der Waals surface area contributed by atoms with Crippen LogP contribution in [0.5, 0.6) is 11.5 Å². The van der Waals surface area contributed by atoms with Crippen molar-refractivity contribution in [2.75, 3.05) is 13.7 Å². The van der Waals surface area contributed by atoms with Gasteiger partial charge in [-0.05, 0) is 72.7 Å². The molecule has 2 rings (SSSR count). The van der Waals surface area contributed by atoms with Crippen molar-refractivity contribution in [3.8, 4) is 11.5 Å². The van der Waals surface area contributed by atoms with Crippen LogP contribution in [0.4, 0.5) is 0 Å². The number of rotatable bonds is 8. The normalized spacial score (nSPS) is 12.0. The Balaban J connectivity index is 2.01. The summed E-state index contributed by atoms with van der Waals surface area (Å²) < 4.78 is 11.1. The smallest absolute Gasteiger partial charge is 0.258 e. The number of ether oxygens (including phenoxy) is 2. The highest BCUT2D eigenvalue weighted by atomic mass is 16.5. The molecule has 2 aromatic carbocycles. The second-order valence-corrected chi connectivity index (χ2v) is 7.18. The molecular weight excluding hydrogens is 338 g/mol. The molecule has 0 heterocycles. The first-order chi connectivity index (χ1) is 12.8. The van der Waals surface area contributed by atoms with Crippen LogP contribution in [-0.2, 0) is 11.2 Å². The van der Waals surface area contributed by atoms with E-state index >= 15 is 0 Å². The van der Waals surface area contributed by atoms with Gasteiger partial charge in [0.25, 0.3) is 5.91 Å². The van der Waals surface area contributed by atoms with E-state index in [1.807, 2.05) is 44.2 Å².